The lowest BCUT2D eigenvalue weighted by atomic mass is 9.91. The second-order valence-corrected chi connectivity index (χ2v) is 4.20. The molecule has 2 aliphatic rings. The number of likely N-dealkylation sites (tertiary alicyclic amines) is 1. The van der Waals surface area contributed by atoms with E-state index in [1.807, 2.05) is 7.05 Å². The van der Waals surface area contributed by atoms with Crippen molar-refractivity contribution in [1.82, 2.24) is 15.5 Å². The van der Waals surface area contributed by atoms with Crippen molar-refractivity contribution >= 4 is 5.91 Å². The molecule has 2 saturated heterocycles. The topological polar surface area (TPSA) is 44.4 Å². The van der Waals surface area contributed by atoms with Crippen LogP contribution in [0.5, 0.6) is 0 Å². The summed E-state index contributed by atoms with van der Waals surface area (Å²) in [7, 11) is 1.97. The number of rotatable bonds is 3. The second kappa shape index (κ2) is 4.28. The SMILES string of the molecule is CNCCN1CCCC2C(=O)NCC21. The summed E-state index contributed by atoms with van der Waals surface area (Å²) in [6.45, 7) is 4.08. The Labute approximate surface area is 85.0 Å². The van der Waals surface area contributed by atoms with Crippen molar-refractivity contribution in [3.05, 3.63) is 0 Å². The van der Waals surface area contributed by atoms with Gasteiger partial charge in [0, 0.05) is 25.7 Å². The van der Waals surface area contributed by atoms with Crippen molar-refractivity contribution in [2.45, 2.75) is 18.9 Å². The fraction of sp³-hybridized carbons (Fsp3) is 0.900. The van der Waals surface area contributed by atoms with Gasteiger partial charge in [-0.25, -0.2) is 0 Å². The van der Waals surface area contributed by atoms with Crippen molar-refractivity contribution in [3.8, 4) is 0 Å². The molecule has 4 nitrogen and oxygen atoms in total. The van der Waals surface area contributed by atoms with Crippen LogP contribution < -0.4 is 10.6 Å². The molecule has 1 amide bonds. The quantitative estimate of drug-likeness (QED) is 0.636. The Balaban J connectivity index is 1.94. The molecule has 2 rings (SSSR count). The molecule has 2 fully saturated rings. The van der Waals surface area contributed by atoms with Gasteiger partial charge in [-0.05, 0) is 26.4 Å². The number of hydrogen-bond donors (Lipinski definition) is 2. The van der Waals surface area contributed by atoms with Gasteiger partial charge >= 0.3 is 0 Å². The highest BCUT2D eigenvalue weighted by molar-refractivity contribution is 5.82. The molecule has 0 aromatic heterocycles. The summed E-state index contributed by atoms with van der Waals surface area (Å²) in [5.41, 5.74) is 0. The minimum Gasteiger partial charge on any atom is -0.354 e. The van der Waals surface area contributed by atoms with Crippen LogP contribution >= 0.6 is 0 Å². The lowest BCUT2D eigenvalue weighted by Gasteiger charge is -2.35. The second-order valence-electron chi connectivity index (χ2n) is 4.20. The highest BCUT2D eigenvalue weighted by Crippen LogP contribution is 2.26. The third-order valence-corrected chi connectivity index (χ3v) is 3.37. The van der Waals surface area contributed by atoms with Crippen molar-refractivity contribution < 1.29 is 4.79 Å². The fourth-order valence-corrected chi connectivity index (χ4v) is 2.57. The minimum absolute atomic E-state index is 0.264. The molecule has 0 aromatic carbocycles. The van der Waals surface area contributed by atoms with Crippen LogP contribution in [0.2, 0.25) is 0 Å². The molecule has 0 aliphatic carbocycles. The summed E-state index contributed by atoms with van der Waals surface area (Å²) in [6.07, 6.45) is 2.24. The number of likely N-dealkylation sites (N-methyl/N-ethyl adjacent to an activating group) is 1. The van der Waals surface area contributed by atoms with Crippen LogP contribution in [-0.2, 0) is 4.79 Å². The van der Waals surface area contributed by atoms with Gasteiger partial charge in [0.2, 0.25) is 5.91 Å². The van der Waals surface area contributed by atoms with E-state index in [0.717, 1.165) is 39.0 Å². The highest BCUT2D eigenvalue weighted by atomic mass is 16.2. The van der Waals surface area contributed by atoms with E-state index in [9.17, 15) is 4.79 Å². The van der Waals surface area contributed by atoms with Crippen LogP contribution in [0.4, 0.5) is 0 Å². The van der Waals surface area contributed by atoms with Gasteiger partial charge in [0.05, 0.1) is 5.92 Å². The summed E-state index contributed by atoms with van der Waals surface area (Å²) in [5, 5.41) is 6.13. The molecule has 0 bridgehead atoms. The Kier molecular flexibility index (Phi) is 3.03. The van der Waals surface area contributed by atoms with Crippen molar-refractivity contribution in [2.75, 3.05) is 33.2 Å². The summed E-state index contributed by atoms with van der Waals surface area (Å²) in [4.78, 5) is 13.9. The number of nitrogens with one attached hydrogen (secondary N) is 2. The number of nitrogens with zero attached hydrogens (tertiary/aromatic N) is 1. The van der Waals surface area contributed by atoms with Gasteiger partial charge in [0.25, 0.3) is 0 Å². The predicted octanol–water partition coefficient (Wildman–Crippen LogP) is -0.584. The van der Waals surface area contributed by atoms with Crippen LogP contribution in [-0.4, -0.2) is 50.1 Å². The third-order valence-electron chi connectivity index (χ3n) is 3.37. The number of amides is 1. The highest BCUT2D eigenvalue weighted by Gasteiger charge is 2.40. The van der Waals surface area contributed by atoms with Gasteiger partial charge in [0.15, 0.2) is 0 Å². The van der Waals surface area contributed by atoms with Crippen LogP contribution in [0.3, 0.4) is 0 Å². The van der Waals surface area contributed by atoms with E-state index in [2.05, 4.69) is 15.5 Å². The Morgan fingerprint density at radius 1 is 1.64 bits per heavy atom. The van der Waals surface area contributed by atoms with Gasteiger partial charge in [-0.3, -0.25) is 9.69 Å². The molecule has 0 aromatic rings. The molecule has 4 heteroatoms. The summed E-state index contributed by atoms with van der Waals surface area (Å²) in [5.74, 6) is 0.532. The maximum atomic E-state index is 11.5. The summed E-state index contributed by atoms with van der Waals surface area (Å²) in [6, 6.07) is 0.463. The van der Waals surface area contributed by atoms with E-state index in [-0.39, 0.29) is 11.8 Å². The Morgan fingerprint density at radius 3 is 3.29 bits per heavy atom. The normalized spacial score (nSPS) is 32.8. The minimum atomic E-state index is 0.264. The van der Waals surface area contributed by atoms with Crippen molar-refractivity contribution in [3.63, 3.8) is 0 Å². The molecular formula is C10H19N3O. The third kappa shape index (κ3) is 1.77. The number of carbonyl (C=O) groups is 1. The monoisotopic (exact) mass is 197 g/mol. The van der Waals surface area contributed by atoms with E-state index >= 15 is 0 Å². The number of fused-ring (bicyclic) bond motifs is 1. The van der Waals surface area contributed by atoms with E-state index in [1.165, 1.54) is 0 Å². The molecule has 2 aliphatic heterocycles. The largest absolute Gasteiger partial charge is 0.354 e. The first-order chi connectivity index (χ1) is 6.83. The molecule has 2 atom stereocenters. The molecule has 0 radical (unpaired) electrons. The van der Waals surface area contributed by atoms with Crippen molar-refractivity contribution in [1.29, 1.82) is 0 Å². The summed E-state index contributed by atoms with van der Waals surface area (Å²) >= 11 is 0. The van der Waals surface area contributed by atoms with Gasteiger partial charge in [-0.1, -0.05) is 0 Å². The molecular weight excluding hydrogens is 178 g/mol. The zero-order valence-electron chi connectivity index (χ0n) is 8.75. The van der Waals surface area contributed by atoms with E-state index in [1.54, 1.807) is 0 Å². The maximum absolute atomic E-state index is 11.5. The Morgan fingerprint density at radius 2 is 2.50 bits per heavy atom. The lowest BCUT2D eigenvalue weighted by Crippen LogP contribution is -2.47. The molecule has 0 saturated carbocycles. The van der Waals surface area contributed by atoms with Crippen LogP contribution in [0.1, 0.15) is 12.8 Å². The standard InChI is InChI=1S/C10H19N3O/c1-11-4-6-13-5-2-3-8-9(13)7-12-10(8)14/h8-9,11H,2-7H2,1H3,(H,12,14). The molecule has 14 heavy (non-hydrogen) atoms. The first-order valence-electron chi connectivity index (χ1n) is 5.49. The van der Waals surface area contributed by atoms with E-state index in [0.29, 0.717) is 6.04 Å². The van der Waals surface area contributed by atoms with Gasteiger partial charge in [-0.15, -0.1) is 0 Å². The first-order valence-corrected chi connectivity index (χ1v) is 5.49. The van der Waals surface area contributed by atoms with Crippen molar-refractivity contribution in [2.24, 2.45) is 5.92 Å². The molecule has 80 valence electrons. The smallest absolute Gasteiger partial charge is 0.224 e. The van der Waals surface area contributed by atoms with Gasteiger partial charge in [-0.2, -0.15) is 0 Å². The number of carbonyl (C=O) groups excluding carboxylic acids is 1. The van der Waals surface area contributed by atoms with Crippen LogP contribution in [0.25, 0.3) is 0 Å². The number of hydrogen-bond acceptors (Lipinski definition) is 3. The average molecular weight is 197 g/mol. The first kappa shape index (κ1) is 9.93. The molecule has 2 N–H and O–H groups in total. The molecule has 2 unspecified atom stereocenters. The Bertz CT molecular complexity index is 219. The van der Waals surface area contributed by atoms with Gasteiger partial charge < -0.3 is 10.6 Å². The van der Waals surface area contributed by atoms with Gasteiger partial charge in [0.1, 0.15) is 0 Å². The lowest BCUT2D eigenvalue weighted by molar-refractivity contribution is -0.124. The van der Waals surface area contributed by atoms with Crippen LogP contribution in [0, 0.1) is 5.92 Å². The fourth-order valence-electron chi connectivity index (χ4n) is 2.57. The summed E-state index contributed by atoms with van der Waals surface area (Å²) < 4.78 is 0. The van der Waals surface area contributed by atoms with Crippen LogP contribution in [0.15, 0.2) is 0 Å². The number of piperidine rings is 1. The zero-order valence-corrected chi connectivity index (χ0v) is 8.75. The average Bonchev–Trinajstić information content (AvgIpc) is 2.58. The van der Waals surface area contributed by atoms with E-state index < -0.39 is 0 Å². The predicted molar refractivity (Wildman–Crippen MR) is 55.0 cm³/mol. The van der Waals surface area contributed by atoms with E-state index in [4.69, 9.17) is 0 Å². The molecule has 2 heterocycles. The zero-order chi connectivity index (χ0) is 9.97. The molecule has 0 spiro atoms. The Hall–Kier alpha value is -0.610. The maximum Gasteiger partial charge on any atom is 0.224 e.